The number of amides is 1. The van der Waals surface area contributed by atoms with E-state index in [1.807, 2.05) is 61.5 Å². The van der Waals surface area contributed by atoms with Gasteiger partial charge in [-0.15, -0.1) is 0 Å². The average Bonchev–Trinajstić information content (AvgIpc) is 3.19. The number of ether oxygens (including phenoxy) is 1. The lowest BCUT2D eigenvalue weighted by Crippen LogP contribution is -2.23. The van der Waals surface area contributed by atoms with Gasteiger partial charge in [0.15, 0.2) is 0 Å². The number of aromatic nitrogens is 2. The summed E-state index contributed by atoms with van der Waals surface area (Å²) < 4.78 is 5.17. The number of aromatic amines is 1. The van der Waals surface area contributed by atoms with Crippen molar-refractivity contribution < 1.29 is 9.53 Å². The molecule has 28 heavy (non-hydrogen) atoms. The SMILES string of the molecule is COc1ccc(-c2[nH]ncc2/C=C(\C#N)C(=O)NCc2ccc(C)cc2)cc1. The van der Waals surface area contributed by atoms with E-state index >= 15 is 0 Å². The number of carbonyl (C=O) groups is 1. The molecular formula is C22H20N4O2. The van der Waals surface area contributed by atoms with Crippen LogP contribution < -0.4 is 10.1 Å². The number of H-pyrrole nitrogens is 1. The van der Waals surface area contributed by atoms with Crippen LogP contribution in [0.1, 0.15) is 16.7 Å². The van der Waals surface area contributed by atoms with Gasteiger partial charge in [-0.2, -0.15) is 10.4 Å². The number of hydrogen-bond acceptors (Lipinski definition) is 4. The fourth-order valence-corrected chi connectivity index (χ4v) is 2.68. The molecule has 3 rings (SSSR count). The van der Waals surface area contributed by atoms with E-state index in [1.165, 1.54) is 6.08 Å². The van der Waals surface area contributed by atoms with E-state index in [2.05, 4.69) is 15.5 Å². The monoisotopic (exact) mass is 372 g/mol. The summed E-state index contributed by atoms with van der Waals surface area (Å²) >= 11 is 0. The number of rotatable bonds is 6. The van der Waals surface area contributed by atoms with Crippen molar-refractivity contribution in [1.29, 1.82) is 5.26 Å². The third-order valence-corrected chi connectivity index (χ3v) is 4.29. The highest BCUT2D eigenvalue weighted by molar-refractivity contribution is 6.02. The number of nitrogens with one attached hydrogen (secondary N) is 2. The van der Waals surface area contributed by atoms with Gasteiger partial charge in [0.25, 0.3) is 5.91 Å². The molecule has 0 spiro atoms. The zero-order valence-corrected chi connectivity index (χ0v) is 15.7. The predicted molar refractivity (Wildman–Crippen MR) is 107 cm³/mol. The molecule has 0 aliphatic heterocycles. The van der Waals surface area contributed by atoms with E-state index in [1.54, 1.807) is 13.3 Å². The molecule has 1 heterocycles. The minimum atomic E-state index is -0.426. The van der Waals surface area contributed by atoms with Crippen LogP contribution in [0.5, 0.6) is 5.75 Å². The van der Waals surface area contributed by atoms with Crippen LogP contribution in [0.4, 0.5) is 0 Å². The normalized spacial score (nSPS) is 11.0. The van der Waals surface area contributed by atoms with Gasteiger partial charge in [-0.3, -0.25) is 9.89 Å². The largest absolute Gasteiger partial charge is 0.497 e. The summed E-state index contributed by atoms with van der Waals surface area (Å²) in [5.41, 5.74) is 4.40. The summed E-state index contributed by atoms with van der Waals surface area (Å²) in [5.74, 6) is 0.318. The van der Waals surface area contributed by atoms with E-state index in [0.29, 0.717) is 12.1 Å². The van der Waals surface area contributed by atoms with Gasteiger partial charge in [0, 0.05) is 17.7 Å². The first-order valence-electron chi connectivity index (χ1n) is 8.74. The maximum Gasteiger partial charge on any atom is 0.262 e. The lowest BCUT2D eigenvalue weighted by atomic mass is 10.1. The third kappa shape index (κ3) is 4.46. The molecule has 0 fully saturated rings. The maximum atomic E-state index is 12.4. The van der Waals surface area contributed by atoms with Crippen LogP contribution in [0.3, 0.4) is 0 Å². The van der Waals surface area contributed by atoms with Crippen LogP contribution in [0, 0.1) is 18.3 Å². The Hall–Kier alpha value is -3.85. The standard InChI is InChI=1S/C22H20N4O2/c1-15-3-5-16(6-4-15)13-24-22(27)18(12-23)11-19-14-25-26-21(19)17-7-9-20(28-2)10-8-17/h3-11,14H,13H2,1-2H3,(H,24,27)(H,25,26)/b18-11+. The van der Waals surface area contributed by atoms with Crippen LogP contribution in [-0.4, -0.2) is 23.2 Å². The van der Waals surface area contributed by atoms with E-state index in [0.717, 1.165) is 28.1 Å². The van der Waals surface area contributed by atoms with Crippen LogP contribution in [0.25, 0.3) is 17.3 Å². The highest BCUT2D eigenvalue weighted by Crippen LogP contribution is 2.25. The van der Waals surface area contributed by atoms with Gasteiger partial charge in [0.1, 0.15) is 17.4 Å². The number of methoxy groups -OCH3 is 1. The van der Waals surface area contributed by atoms with E-state index < -0.39 is 5.91 Å². The Kier molecular flexibility index (Phi) is 5.87. The van der Waals surface area contributed by atoms with Gasteiger partial charge >= 0.3 is 0 Å². The van der Waals surface area contributed by atoms with Crippen molar-refractivity contribution in [1.82, 2.24) is 15.5 Å². The molecule has 1 aromatic heterocycles. The zero-order chi connectivity index (χ0) is 19.9. The molecule has 3 aromatic rings. The summed E-state index contributed by atoms with van der Waals surface area (Å²) in [7, 11) is 1.60. The zero-order valence-electron chi connectivity index (χ0n) is 15.7. The number of hydrogen-bond donors (Lipinski definition) is 2. The molecule has 1 amide bonds. The number of benzene rings is 2. The lowest BCUT2D eigenvalue weighted by molar-refractivity contribution is -0.117. The Morgan fingerprint density at radius 1 is 1.21 bits per heavy atom. The van der Waals surface area contributed by atoms with Crippen LogP contribution in [0.15, 0.2) is 60.3 Å². The Labute approximate surface area is 163 Å². The number of aryl methyl sites for hydroxylation is 1. The molecule has 0 aliphatic carbocycles. The van der Waals surface area contributed by atoms with Gasteiger partial charge in [-0.1, -0.05) is 29.8 Å². The molecule has 0 saturated carbocycles. The Balaban J connectivity index is 1.77. The molecule has 0 atom stereocenters. The minimum absolute atomic E-state index is 0.0169. The number of nitrogens with zero attached hydrogens (tertiary/aromatic N) is 2. The molecule has 0 radical (unpaired) electrons. The molecule has 0 saturated heterocycles. The Morgan fingerprint density at radius 3 is 2.57 bits per heavy atom. The van der Waals surface area contributed by atoms with Crippen LogP contribution in [0.2, 0.25) is 0 Å². The lowest BCUT2D eigenvalue weighted by Gasteiger charge is -2.06. The van der Waals surface area contributed by atoms with E-state index in [-0.39, 0.29) is 5.57 Å². The summed E-state index contributed by atoms with van der Waals surface area (Å²) in [6.45, 7) is 2.36. The number of nitriles is 1. The predicted octanol–water partition coefficient (Wildman–Crippen LogP) is 3.62. The smallest absolute Gasteiger partial charge is 0.262 e. The van der Waals surface area contributed by atoms with Gasteiger partial charge < -0.3 is 10.1 Å². The van der Waals surface area contributed by atoms with Gasteiger partial charge in [-0.05, 0) is 42.8 Å². The molecular weight excluding hydrogens is 352 g/mol. The summed E-state index contributed by atoms with van der Waals surface area (Å²) in [5, 5.41) is 19.2. The van der Waals surface area contributed by atoms with Crippen molar-refractivity contribution in [2.75, 3.05) is 7.11 Å². The van der Waals surface area contributed by atoms with Crippen molar-refractivity contribution in [3.05, 3.63) is 77.0 Å². The summed E-state index contributed by atoms with van der Waals surface area (Å²) in [6.07, 6.45) is 3.12. The fourth-order valence-electron chi connectivity index (χ4n) is 2.68. The molecule has 140 valence electrons. The second-order valence-electron chi connectivity index (χ2n) is 6.27. The first kappa shape index (κ1) is 18.9. The van der Waals surface area contributed by atoms with Crippen molar-refractivity contribution in [3.8, 4) is 23.1 Å². The van der Waals surface area contributed by atoms with E-state index in [9.17, 15) is 10.1 Å². The molecule has 0 bridgehead atoms. The van der Waals surface area contributed by atoms with Crippen molar-refractivity contribution in [2.45, 2.75) is 13.5 Å². The van der Waals surface area contributed by atoms with Crippen LogP contribution >= 0.6 is 0 Å². The summed E-state index contributed by atoms with van der Waals surface area (Å²) in [6, 6.07) is 17.3. The molecule has 0 unspecified atom stereocenters. The maximum absolute atomic E-state index is 12.4. The molecule has 6 heteroatoms. The van der Waals surface area contributed by atoms with Gasteiger partial charge in [0.2, 0.25) is 0 Å². The molecule has 6 nitrogen and oxygen atoms in total. The van der Waals surface area contributed by atoms with Crippen molar-refractivity contribution in [3.63, 3.8) is 0 Å². The number of carbonyl (C=O) groups excluding carboxylic acids is 1. The first-order chi connectivity index (χ1) is 13.6. The fraction of sp³-hybridized carbons (Fsp3) is 0.136. The second-order valence-corrected chi connectivity index (χ2v) is 6.27. The quantitative estimate of drug-likeness (QED) is 0.511. The minimum Gasteiger partial charge on any atom is -0.497 e. The van der Waals surface area contributed by atoms with Gasteiger partial charge in [-0.25, -0.2) is 0 Å². The Morgan fingerprint density at radius 2 is 1.93 bits per heavy atom. The van der Waals surface area contributed by atoms with E-state index in [4.69, 9.17) is 4.74 Å². The first-order valence-corrected chi connectivity index (χ1v) is 8.74. The molecule has 0 aliphatic rings. The van der Waals surface area contributed by atoms with Crippen molar-refractivity contribution in [2.24, 2.45) is 0 Å². The highest BCUT2D eigenvalue weighted by atomic mass is 16.5. The topological polar surface area (TPSA) is 90.8 Å². The van der Waals surface area contributed by atoms with Crippen LogP contribution in [-0.2, 0) is 11.3 Å². The highest BCUT2D eigenvalue weighted by Gasteiger charge is 2.12. The third-order valence-electron chi connectivity index (χ3n) is 4.29. The molecule has 2 aromatic carbocycles. The summed E-state index contributed by atoms with van der Waals surface area (Å²) in [4.78, 5) is 12.4. The average molecular weight is 372 g/mol. The second kappa shape index (κ2) is 8.69. The van der Waals surface area contributed by atoms with Crippen molar-refractivity contribution >= 4 is 12.0 Å². The Bertz CT molecular complexity index is 1030. The van der Waals surface area contributed by atoms with Gasteiger partial charge in [0.05, 0.1) is 19.0 Å². The molecule has 2 N–H and O–H groups in total.